The monoisotopic (exact) mass is 228 g/mol. The molecule has 0 heterocycles. The fraction of sp³-hybridized carbons (Fsp3) is 0. The molecule has 2 aromatic carbocycles. The van der Waals surface area contributed by atoms with Gasteiger partial charge in [0.15, 0.2) is 0 Å². The van der Waals surface area contributed by atoms with Gasteiger partial charge in [0, 0.05) is 5.39 Å². The summed E-state index contributed by atoms with van der Waals surface area (Å²) in [5.41, 5.74) is 11.2. The Hall–Kier alpha value is -2.56. The fourth-order valence-electron chi connectivity index (χ4n) is 1.59. The van der Waals surface area contributed by atoms with Crippen LogP contribution in [-0.4, -0.2) is 12.0 Å². The Morgan fingerprint density at radius 1 is 1.06 bits per heavy atom. The van der Waals surface area contributed by atoms with Gasteiger partial charge in [-0.2, -0.15) is 0 Å². The zero-order valence-electron chi connectivity index (χ0n) is 9.05. The van der Waals surface area contributed by atoms with Gasteiger partial charge in [0.2, 0.25) is 5.96 Å². The first-order chi connectivity index (χ1) is 8.16. The second-order valence-corrected chi connectivity index (χ2v) is 3.48. The topological polar surface area (TPSA) is 93.5 Å². The van der Waals surface area contributed by atoms with Gasteiger partial charge in [-0.1, -0.05) is 36.4 Å². The number of carbonyl (C=O) groups excluding carboxylic acids is 1. The minimum atomic E-state index is -0.730. The molecule has 5 heteroatoms. The summed E-state index contributed by atoms with van der Waals surface area (Å²) in [6.07, 6.45) is 0. The number of amides is 2. The summed E-state index contributed by atoms with van der Waals surface area (Å²) < 4.78 is 0. The van der Waals surface area contributed by atoms with Crippen molar-refractivity contribution in [3.8, 4) is 0 Å². The van der Waals surface area contributed by atoms with Gasteiger partial charge < -0.3 is 11.5 Å². The standard InChI is InChI=1S/C12H12N4O/c13-11(16-12(14)17)15-10-7-3-5-8-4-1-2-6-9(8)10/h1-7H,(H5,13,14,15,16,17). The number of fused-ring (bicyclic) bond motifs is 1. The summed E-state index contributed by atoms with van der Waals surface area (Å²) in [6.45, 7) is 0. The molecular weight excluding hydrogens is 216 g/mol. The van der Waals surface area contributed by atoms with E-state index in [0.717, 1.165) is 10.8 Å². The highest BCUT2D eigenvalue weighted by atomic mass is 16.2. The maximum absolute atomic E-state index is 10.6. The molecular formula is C12H12N4O. The quantitative estimate of drug-likeness (QED) is 0.509. The van der Waals surface area contributed by atoms with E-state index >= 15 is 0 Å². The van der Waals surface area contributed by atoms with E-state index < -0.39 is 6.03 Å². The largest absolute Gasteiger partial charge is 0.369 e. The lowest BCUT2D eigenvalue weighted by Gasteiger charge is -2.03. The Kier molecular flexibility index (Phi) is 2.91. The second kappa shape index (κ2) is 4.52. The first-order valence-electron chi connectivity index (χ1n) is 5.05. The van der Waals surface area contributed by atoms with Crippen LogP contribution in [0.2, 0.25) is 0 Å². The van der Waals surface area contributed by atoms with Crippen LogP contribution in [0.3, 0.4) is 0 Å². The number of nitrogens with zero attached hydrogens (tertiary/aromatic N) is 1. The number of hydrogen-bond donors (Lipinski definition) is 3. The van der Waals surface area contributed by atoms with Gasteiger partial charge in [-0.15, -0.1) is 0 Å². The van der Waals surface area contributed by atoms with E-state index in [1.807, 2.05) is 42.5 Å². The minimum Gasteiger partial charge on any atom is -0.369 e. The first kappa shape index (κ1) is 10.9. The minimum absolute atomic E-state index is 0.0196. The van der Waals surface area contributed by atoms with E-state index in [0.29, 0.717) is 5.69 Å². The first-order valence-corrected chi connectivity index (χ1v) is 5.05. The average Bonchev–Trinajstić information content (AvgIpc) is 2.28. The van der Waals surface area contributed by atoms with E-state index in [9.17, 15) is 4.79 Å². The van der Waals surface area contributed by atoms with Gasteiger partial charge >= 0.3 is 6.03 Å². The Balaban J connectivity index is 2.45. The number of nitrogens with one attached hydrogen (secondary N) is 1. The Labute approximate surface area is 98.1 Å². The molecule has 5 nitrogen and oxygen atoms in total. The number of primary amides is 1. The zero-order valence-corrected chi connectivity index (χ0v) is 9.05. The van der Waals surface area contributed by atoms with Crippen LogP contribution in [0.15, 0.2) is 47.5 Å². The molecule has 0 radical (unpaired) electrons. The summed E-state index contributed by atoms with van der Waals surface area (Å²) in [5, 5.41) is 4.24. The molecule has 0 aliphatic heterocycles. The summed E-state index contributed by atoms with van der Waals surface area (Å²) >= 11 is 0. The Morgan fingerprint density at radius 2 is 1.76 bits per heavy atom. The molecule has 0 aliphatic rings. The SMILES string of the molecule is NC(=O)NC(N)=Nc1cccc2ccccc12. The van der Waals surface area contributed by atoms with Crippen LogP contribution in [0.4, 0.5) is 10.5 Å². The average molecular weight is 228 g/mol. The lowest BCUT2D eigenvalue weighted by atomic mass is 10.1. The van der Waals surface area contributed by atoms with Crippen molar-refractivity contribution in [1.29, 1.82) is 0 Å². The van der Waals surface area contributed by atoms with Crippen LogP contribution in [0.5, 0.6) is 0 Å². The predicted molar refractivity (Wildman–Crippen MR) is 67.9 cm³/mol. The summed E-state index contributed by atoms with van der Waals surface area (Å²) in [4.78, 5) is 14.7. The normalized spacial score (nSPS) is 11.4. The third-order valence-electron chi connectivity index (χ3n) is 2.26. The molecule has 17 heavy (non-hydrogen) atoms. The summed E-state index contributed by atoms with van der Waals surface area (Å²) in [6, 6.07) is 12.7. The zero-order chi connectivity index (χ0) is 12.3. The number of benzene rings is 2. The van der Waals surface area contributed by atoms with Crippen molar-refractivity contribution in [3.63, 3.8) is 0 Å². The third-order valence-corrected chi connectivity index (χ3v) is 2.26. The molecule has 5 N–H and O–H groups in total. The van der Waals surface area contributed by atoms with Crippen LogP contribution < -0.4 is 16.8 Å². The summed E-state index contributed by atoms with van der Waals surface area (Å²) in [7, 11) is 0. The molecule has 0 aliphatic carbocycles. The molecule has 0 atom stereocenters. The number of nitrogens with two attached hydrogens (primary N) is 2. The van der Waals surface area contributed by atoms with Crippen molar-refractivity contribution < 1.29 is 4.79 Å². The van der Waals surface area contributed by atoms with E-state index in [1.54, 1.807) is 0 Å². The maximum atomic E-state index is 10.6. The van der Waals surface area contributed by atoms with Crippen molar-refractivity contribution in [1.82, 2.24) is 5.32 Å². The highest BCUT2D eigenvalue weighted by Gasteiger charge is 2.00. The highest BCUT2D eigenvalue weighted by molar-refractivity contribution is 5.99. The van der Waals surface area contributed by atoms with Gasteiger partial charge in [-0.25, -0.2) is 9.79 Å². The number of carbonyl (C=O) groups is 1. The number of urea groups is 1. The lowest BCUT2D eigenvalue weighted by molar-refractivity contribution is 0.253. The maximum Gasteiger partial charge on any atom is 0.318 e. The third kappa shape index (κ3) is 2.52. The van der Waals surface area contributed by atoms with Crippen LogP contribution in [0.1, 0.15) is 0 Å². The van der Waals surface area contributed by atoms with Crippen LogP contribution in [-0.2, 0) is 0 Å². The highest BCUT2D eigenvalue weighted by Crippen LogP contribution is 2.25. The van der Waals surface area contributed by atoms with Crippen molar-refractivity contribution in [3.05, 3.63) is 42.5 Å². The molecule has 0 unspecified atom stereocenters. The number of hydrogen-bond acceptors (Lipinski definition) is 2. The van der Waals surface area contributed by atoms with Crippen LogP contribution >= 0.6 is 0 Å². The number of rotatable bonds is 1. The number of aliphatic imine (C=N–C) groups is 1. The number of guanidine groups is 1. The van der Waals surface area contributed by atoms with Gasteiger partial charge in [-0.05, 0) is 11.5 Å². The van der Waals surface area contributed by atoms with Gasteiger partial charge in [-0.3, -0.25) is 5.32 Å². The van der Waals surface area contributed by atoms with Crippen molar-refractivity contribution >= 4 is 28.5 Å². The van der Waals surface area contributed by atoms with E-state index in [-0.39, 0.29) is 5.96 Å². The molecule has 2 aromatic rings. The van der Waals surface area contributed by atoms with Crippen LogP contribution in [0, 0.1) is 0 Å². The molecule has 2 amide bonds. The molecule has 0 aromatic heterocycles. The predicted octanol–water partition coefficient (Wildman–Crippen LogP) is 1.45. The fourth-order valence-corrected chi connectivity index (χ4v) is 1.59. The second-order valence-electron chi connectivity index (χ2n) is 3.48. The van der Waals surface area contributed by atoms with E-state index in [2.05, 4.69) is 10.3 Å². The van der Waals surface area contributed by atoms with Crippen molar-refractivity contribution in [2.45, 2.75) is 0 Å². The van der Waals surface area contributed by atoms with E-state index in [1.165, 1.54) is 0 Å². The molecule has 0 saturated carbocycles. The summed E-state index contributed by atoms with van der Waals surface area (Å²) in [5.74, 6) is -0.0196. The molecule has 0 saturated heterocycles. The Bertz CT molecular complexity index is 587. The Morgan fingerprint density at radius 3 is 2.53 bits per heavy atom. The molecule has 0 spiro atoms. The smallest absolute Gasteiger partial charge is 0.318 e. The molecule has 2 rings (SSSR count). The van der Waals surface area contributed by atoms with Crippen molar-refractivity contribution in [2.24, 2.45) is 16.5 Å². The van der Waals surface area contributed by atoms with Gasteiger partial charge in [0.25, 0.3) is 0 Å². The van der Waals surface area contributed by atoms with Gasteiger partial charge in [0.1, 0.15) is 0 Å². The van der Waals surface area contributed by atoms with Gasteiger partial charge in [0.05, 0.1) is 5.69 Å². The van der Waals surface area contributed by atoms with Crippen molar-refractivity contribution in [2.75, 3.05) is 0 Å². The lowest BCUT2D eigenvalue weighted by Crippen LogP contribution is -2.39. The van der Waals surface area contributed by atoms with E-state index in [4.69, 9.17) is 11.5 Å². The molecule has 86 valence electrons. The molecule has 0 fully saturated rings. The molecule has 0 bridgehead atoms. The van der Waals surface area contributed by atoms with Crippen LogP contribution in [0.25, 0.3) is 10.8 Å².